The van der Waals surface area contributed by atoms with Gasteiger partial charge < -0.3 is 19.3 Å². The van der Waals surface area contributed by atoms with Crippen LogP contribution in [-0.2, 0) is 25.4 Å². The van der Waals surface area contributed by atoms with Crippen molar-refractivity contribution in [1.29, 1.82) is 0 Å². The zero-order valence-electron chi connectivity index (χ0n) is 17.3. The molecule has 2 fully saturated rings. The summed E-state index contributed by atoms with van der Waals surface area (Å²) in [5, 5.41) is 24.0. The lowest BCUT2D eigenvalue weighted by Crippen LogP contribution is -2.33. The Hall–Kier alpha value is -1.58. The van der Waals surface area contributed by atoms with Gasteiger partial charge in [-0.25, -0.2) is 0 Å². The second kappa shape index (κ2) is 11.6. The van der Waals surface area contributed by atoms with Crippen LogP contribution in [0.2, 0.25) is 0 Å². The number of carbonyl (C=O) groups is 1. The van der Waals surface area contributed by atoms with Gasteiger partial charge in [0.1, 0.15) is 6.10 Å². The standard InChI is InChI=1S/C20H34N4O5/c1-14(26)28-17-12-18(29-20-10-6-7-11-27-20)16(13-25)15(17)8-4-2-3-5-9-19-21-23-24-22-19/h15-18,20,25H,2-13H2,1H3,(H,21,22,23,24). The maximum atomic E-state index is 11.6. The Morgan fingerprint density at radius 2 is 2.07 bits per heavy atom. The highest BCUT2D eigenvalue weighted by Crippen LogP contribution is 2.40. The number of hydrogen-bond acceptors (Lipinski definition) is 8. The molecule has 5 unspecified atom stereocenters. The topological polar surface area (TPSA) is 119 Å². The van der Waals surface area contributed by atoms with Gasteiger partial charge in [0.05, 0.1) is 6.10 Å². The van der Waals surface area contributed by atoms with Gasteiger partial charge in [-0.2, -0.15) is 5.21 Å². The average Bonchev–Trinajstić information content (AvgIpc) is 3.33. The van der Waals surface area contributed by atoms with Crippen molar-refractivity contribution in [3.05, 3.63) is 5.82 Å². The minimum Gasteiger partial charge on any atom is -0.462 e. The number of nitrogens with one attached hydrogen (secondary N) is 1. The summed E-state index contributed by atoms with van der Waals surface area (Å²) in [5.41, 5.74) is 0. The summed E-state index contributed by atoms with van der Waals surface area (Å²) in [6.07, 6.45) is 9.10. The van der Waals surface area contributed by atoms with E-state index in [1.54, 1.807) is 0 Å². The summed E-state index contributed by atoms with van der Waals surface area (Å²) in [6, 6.07) is 0. The minimum atomic E-state index is -0.272. The van der Waals surface area contributed by atoms with E-state index in [4.69, 9.17) is 14.2 Å². The number of aliphatic hydroxyl groups excluding tert-OH is 1. The Bertz CT molecular complexity index is 594. The Balaban J connectivity index is 1.46. The van der Waals surface area contributed by atoms with E-state index in [0.29, 0.717) is 6.42 Å². The first kappa shape index (κ1) is 22.1. The summed E-state index contributed by atoms with van der Waals surface area (Å²) < 4.78 is 17.5. The van der Waals surface area contributed by atoms with Crippen LogP contribution in [0.5, 0.6) is 0 Å². The molecule has 0 amide bonds. The Labute approximate surface area is 171 Å². The first-order chi connectivity index (χ1) is 14.2. The highest BCUT2D eigenvalue weighted by Gasteiger charge is 2.45. The largest absolute Gasteiger partial charge is 0.462 e. The zero-order chi connectivity index (χ0) is 20.5. The Morgan fingerprint density at radius 1 is 1.21 bits per heavy atom. The molecule has 0 bridgehead atoms. The van der Waals surface area contributed by atoms with Crippen LogP contribution in [0.4, 0.5) is 0 Å². The number of unbranched alkanes of at least 4 members (excludes halogenated alkanes) is 3. The number of H-pyrrole nitrogens is 1. The molecule has 0 radical (unpaired) electrons. The summed E-state index contributed by atoms with van der Waals surface area (Å²) in [5.74, 6) is 0.575. The number of hydrogen-bond donors (Lipinski definition) is 2. The summed E-state index contributed by atoms with van der Waals surface area (Å²) in [7, 11) is 0. The fourth-order valence-corrected chi connectivity index (χ4v) is 4.61. The van der Waals surface area contributed by atoms with Crippen molar-refractivity contribution in [2.24, 2.45) is 11.8 Å². The lowest BCUT2D eigenvalue weighted by Gasteiger charge is -2.29. The fourth-order valence-electron chi connectivity index (χ4n) is 4.61. The van der Waals surface area contributed by atoms with Crippen LogP contribution >= 0.6 is 0 Å². The van der Waals surface area contributed by atoms with Gasteiger partial charge >= 0.3 is 5.97 Å². The number of ether oxygens (including phenoxy) is 3. The number of tetrazole rings is 1. The first-order valence-electron chi connectivity index (χ1n) is 10.9. The molecule has 9 heteroatoms. The maximum absolute atomic E-state index is 11.6. The maximum Gasteiger partial charge on any atom is 0.302 e. The lowest BCUT2D eigenvalue weighted by molar-refractivity contribution is -0.198. The third kappa shape index (κ3) is 6.72. The van der Waals surface area contributed by atoms with Crippen molar-refractivity contribution in [2.75, 3.05) is 13.2 Å². The second-order valence-electron chi connectivity index (χ2n) is 8.15. The number of nitrogens with zero attached hydrogens (tertiary/aromatic N) is 3. The predicted octanol–water partition coefficient (Wildman–Crippen LogP) is 2.16. The van der Waals surface area contributed by atoms with E-state index in [1.165, 1.54) is 6.92 Å². The number of aryl methyl sites for hydroxylation is 1. The van der Waals surface area contributed by atoms with Gasteiger partial charge in [-0.1, -0.05) is 24.5 Å². The number of esters is 1. The molecule has 9 nitrogen and oxygen atoms in total. The van der Waals surface area contributed by atoms with Gasteiger partial charge in [0.15, 0.2) is 12.1 Å². The highest BCUT2D eigenvalue weighted by atomic mass is 16.7. The molecule has 2 heterocycles. The molecule has 1 aromatic rings. The number of aromatic nitrogens is 4. The number of rotatable bonds is 11. The van der Waals surface area contributed by atoms with E-state index in [9.17, 15) is 9.90 Å². The number of carbonyl (C=O) groups excluding carboxylic acids is 1. The van der Waals surface area contributed by atoms with Crippen molar-refractivity contribution in [2.45, 2.75) is 89.6 Å². The van der Waals surface area contributed by atoms with Gasteiger partial charge in [-0.05, 0) is 32.1 Å². The summed E-state index contributed by atoms with van der Waals surface area (Å²) in [6.45, 7) is 2.21. The van der Waals surface area contributed by atoms with Crippen molar-refractivity contribution in [3.8, 4) is 0 Å². The number of aromatic amines is 1. The van der Waals surface area contributed by atoms with Gasteiger partial charge in [0, 0.05) is 44.8 Å². The molecule has 0 aromatic carbocycles. The average molecular weight is 411 g/mol. The van der Waals surface area contributed by atoms with Crippen molar-refractivity contribution < 1.29 is 24.1 Å². The lowest BCUT2D eigenvalue weighted by atomic mass is 9.89. The molecule has 2 N–H and O–H groups in total. The highest BCUT2D eigenvalue weighted by molar-refractivity contribution is 5.66. The SMILES string of the molecule is CC(=O)OC1CC(OC2CCCCO2)C(CO)C1CCCCCCc1nn[nH]n1. The van der Waals surface area contributed by atoms with E-state index in [0.717, 1.165) is 70.2 Å². The normalized spacial score (nSPS) is 29.8. The Morgan fingerprint density at radius 3 is 2.76 bits per heavy atom. The molecule has 29 heavy (non-hydrogen) atoms. The zero-order valence-corrected chi connectivity index (χ0v) is 17.3. The van der Waals surface area contributed by atoms with E-state index in [2.05, 4.69) is 20.6 Å². The third-order valence-electron chi connectivity index (χ3n) is 6.04. The van der Waals surface area contributed by atoms with Gasteiger partial charge in [0.25, 0.3) is 0 Å². The molecule has 1 saturated carbocycles. The van der Waals surface area contributed by atoms with E-state index < -0.39 is 0 Å². The molecule has 1 aliphatic heterocycles. The molecule has 0 spiro atoms. The van der Waals surface area contributed by atoms with E-state index >= 15 is 0 Å². The monoisotopic (exact) mass is 410 g/mol. The van der Waals surface area contributed by atoms with Gasteiger partial charge in [0.2, 0.25) is 0 Å². The van der Waals surface area contributed by atoms with Crippen LogP contribution in [-0.4, -0.2) is 63.4 Å². The summed E-state index contributed by atoms with van der Waals surface area (Å²) >= 11 is 0. The molecular formula is C20H34N4O5. The fraction of sp³-hybridized carbons (Fsp3) is 0.900. The quantitative estimate of drug-likeness (QED) is 0.421. The van der Waals surface area contributed by atoms with Crippen molar-refractivity contribution in [3.63, 3.8) is 0 Å². The molecule has 1 saturated heterocycles. The van der Waals surface area contributed by atoms with Gasteiger partial charge in [-0.3, -0.25) is 4.79 Å². The molecule has 5 atom stereocenters. The van der Waals surface area contributed by atoms with Crippen LogP contribution in [0.15, 0.2) is 0 Å². The Kier molecular flexibility index (Phi) is 8.82. The van der Waals surface area contributed by atoms with Gasteiger partial charge in [-0.15, -0.1) is 10.2 Å². The van der Waals surface area contributed by atoms with Crippen molar-refractivity contribution >= 4 is 5.97 Å². The second-order valence-corrected chi connectivity index (χ2v) is 8.15. The molecule has 2 aliphatic rings. The smallest absolute Gasteiger partial charge is 0.302 e. The molecule has 3 rings (SSSR count). The van der Waals surface area contributed by atoms with Crippen LogP contribution in [0, 0.1) is 11.8 Å². The third-order valence-corrected chi connectivity index (χ3v) is 6.04. The predicted molar refractivity (Wildman–Crippen MR) is 104 cm³/mol. The van der Waals surface area contributed by atoms with Crippen LogP contribution < -0.4 is 0 Å². The summed E-state index contributed by atoms with van der Waals surface area (Å²) in [4.78, 5) is 11.6. The van der Waals surface area contributed by atoms with Crippen molar-refractivity contribution in [1.82, 2.24) is 20.6 Å². The molecule has 1 aliphatic carbocycles. The first-order valence-corrected chi connectivity index (χ1v) is 10.9. The van der Waals surface area contributed by atoms with Crippen LogP contribution in [0.1, 0.15) is 70.5 Å². The molecular weight excluding hydrogens is 376 g/mol. The molecule has 164 valence electrons. The van der Waals surface area contributed by atoms with Crippen LogP contribution in [0.25, 0.3) is 0 Å². The van der Waals surface area contributed by atoms with E-state index in [-0.39, 0.29) is 42.9 Å². The minimum absolute atomic E-state index is 0.0239. The van der Waals surface area contributed by atoms with Crippen LogP contribution in [0.3, 0.4) is 0 Å². The molecule has 1 aromatic heterocycles. The van der Waals surface area contributed by atoms with E-state index in [1.807, 2.05) is 0 Å². The number of aliphatic hydroxyl groups is 1.